The van der Waals surface area contributed by atoms with Gasteiger partial charge in [0.15, 0.2) is 0 Å². The molecule has 1 aliphatic heterocycles. The fraction of sp³-hybridized carbons (Fsp3) is 1.00. The van der Waals surface area contributed by atoms with Gasteiger partial charge in [-0.1, -0.05) is 0 Å². The van der Waals surface area contributed by atoms with Crippen LogP contribution in [0.3, 0.4) is 0 Å². The van der Waals surface area contributed by atoms with Crippen LogP contribution in [0.1, 0.15) is 19.3 Å². The van der Waals surface area contributed by atoms with Crippen LogP contribution in [0.15, 0.2) is 0 Å². The van der Waals surface area contributed by atoms with Gasteiger partial charge in [-0.05, 0) is 19.3 Å². The molecule has 1 heterocycles. The Balaban J connectivity index is 2.05. The van der Waals surface area contributed by atoms with Crippen LogP contribution < -0.4 is 0 Å². The van der Waals surface area contributed by atoms with E-state index in [1.807, 2.05) is 0 Å². The third kappa shape index (κ3) is 0.312. The first-order valence-corrected chi connectivity index (χ1v) is 2.65. The largest absolute Gasteiger partial charge is 0.333 e. The zero-order chi connectivity index (χ0) is 4.91. The molecule has 1 atom stereocenters. The number of rotatable bonds is 0. The van der Waals surface area contributed by atoms with Crippen LogP contribution in [0.2, 0.25) is 0 Å². The molecule has 1 nitrogen and oxygen atoms in total. The maximum atomic E-state index is 12.0. The third-order valence-corrected chi connectivity index (χ3v) is 1.89. The molecule has 2 heteroatoms. The van der Waals surface area contributed by atoms with E-state index in [1.54, 1.807) is 0 Å². The molecule has 0 aromatic carbocycles. The zero-order valence-electron chi connectivity index (χ0n) is 3.98. The van der Waals surface area contributed by atoms with Gasteiger partial charge in [0.05, 0.1) is 0 Å². The van der Waals surface area contributed by atoms with E-state index in [1.165, 1.54) is 0 Å². The van der Waals surface area contributed by atoms with Crippen molar-refractivity contribution in [3.63, 3.8) is 0 Å². The molecule has 0 N–H and O–H groups in total. The van der Waals surface area contributed by atoms with Crippen molar-refractivity contribution in [2.24, 2.45) is 0 Å². The van der Waals surface area contributed by atoms with Crippen LogP contribution in [-0.2, 0) is 4.74 Å². The Morgan fingerprint density at radius 1 is 1.57 bits per heavy atom. The topological polar surface area (TPSA) is 12.5 Å². The van der Waals surface area contributed by atoms with Crippen molar-refractivity contribution < 1.29 is 9.13 Å². The lowest BCUT2D eigenvalue weighted by atomic mass is 9.85. The number of epoxide rings is 1. The molecule has 0 aromatic heterocycles. The molecule has 7 heavy (non-hydrogen) atoms. The number of hydrogen-bond donors (Lipinski definition) is 0. The summed E-state index contributed by atoms with van der Waals surface area (Å²) >= 11 is 0. The van der Waals surface area contributed by atoms with Gasteiger partial charge in [-0.3, -0.25) is 0 Å². The van der Waals surface area contributed by atoms with E-state index in [-0.39, 0.29) is 5.60 Å². The molecule has 40 valence electrons. The minimum absolute atomic E-state index is 0.236. The normalized spacial score (nSPS) is 43.3. The van der Waals surface area contributed by atoms with Gasteiger partial charge in [0.25, 0.3) is 0 Å². The lowest BCUT2D eigenvalue weighted by Gasteiger charge is -2.19. The average Bonchev–Trinajstić information content (AvgIpc) is 2.10. The molecule has 1 saturated carbocycles. The summed E-state index contributed by atoms with van der Waals surface area (Å²) in [6.45, 7) is 0. The van der Waals surface area contributed by atoms with Crippen molar-refractivity contribution in [3.05, 3.63) is 0 Å². The number of ether oxygens (including phenoxy) is 1. The predicted octanol–water partition coefficient (Wildman–Crippen LogP) is 1.23. The van der Waals surface area contributed by atoms with Gasteiger partial charge in [-0.2, -0.15) is 0 Å². The van der Waals surface area contributed by atoms with E-state index in [0.29, 0.717) is 0 Å². The smallest absolute Gasteiger partial charge is 0.229 e. The summed E-state index contributed by atoms with van der Waals surface area (Å²) in [5, 5.41) is 0. The Kier molecular flexibility index (Phi) is 0.465. The second-order valence-electron chi connectivity index (χ2n) is 2.35. The Morgan fingerprint density at radius 2 is 2.14 bits per heavy atom. The molecule has 0 radical (unpaired) electrons. The van der Waals surface area contributed by atoms with E-state index >= 15 is 0 Å². The van der Waals surface area contributed by atoms with E-state index in [9.17, 15) is 4.39 Å². The summed E-state index contributed by atoms with van der Waals surface area (Å²) in [6, 6.07) is 0. The Labute approximate surface area is 41.5 Å². The molecule has 1 unspecified atom stereocenters. The molecular weight excluding hydrogens is 95.1 g/mol. The second-order valence-corrected chi connectivity index (χ2v) is 2.35. The Morgan fingerprint density at radius 3 is 2.14 bits per heavy atom. The van der Waals surface area contributed by atoms with Crippen molar-refractivity contribution >= 4 is 0 Å². The highest BCUT2D eigenvalue weighted by Crippen LogP contribution is 2.52. The highest BCUT2D eigenvalue weighted by molar-refractivity contribution is 5.03. The molecule has 2 aliphatic rings. The first-order chi connectivity index (χ1) is 3.33. The van der Waals surface area contributed by atoms with Gasteiger partial charge >= 0.3 is 0 Å². The summed E-state index contributed by atoms with van der Waals surface area (Å²) in [4.78, 5) is 0. The lowest BCUT2D eigenvalue weighted by Crippen LogP contribution is -2.22. The van der Waals surface area contributed by atoms with E-state index in [0.717, 1.165) is 19.3 Å². The summed E-state index contributed by atoms with van der Waals surface area (Å²) in [5.41, 5.74) is -0.236. The van der Waals surface area contributed by atoms with Gasteiger partial charge in [-0.25, -0.2) is 4.39 Å². The highest BCUT2D eigenvalue weighted by atomic mass is 19.2. The highest BCUT2D eigenvalue weighted by Gasteiger charge is 2.61. The van der Waals surface area contributed by atoms with E-state index in [4.69, 9.17) is 0 Å². The van der Waals surface area contributed by atoms with Crippen LogP contribution in [0.4, 0.5) is 4.39 Å². The number of hydrogen-bond acceptors (Lipinski definition) is 1. The fourth-order valence-corrected chi connectivity index (χ4v) is 1.04. The van der Waals surface area contributed by atoms with Gasteiger partial charge in [0, 0.05) is 0 Å². The maximum Gasteiger partial charge on any atom is 0.229 e. The van der Waals surface area contributed by atoms with E-state index in [2.05, 4.69) is 4.74 Å². The predicted molar refractivity (Wildman–Crippen MR) is 22.6 cm³/mol. The molecule has 0 amide bonds. The molecule has 1 saturated heterocycles. The third-order valence-electron chi connectivity index (χ3n) is 1.89. The maximum absolute atomic E-state index is 12.0. The number of alkyl halides is 1. The standard InChI is InChI=1S/C5H7FO/c6-4-5(7-4)2-1-3-5/h4H,1-3H2. The van der Waals surface area contributed by atoms with Gasteiger partial charge in [0.2, 0.25) is 6.36 Å². The summed E-state index contributed by atoms with van der Waals surface area (Å²) < 4.78 is 16.7. The Bertz CT molecular complexity index is 92.7. The molecule has 2 fully saturated rings. The summed E-state index contributed by atoms with van der Waals surface area (Å²) in [6.07, 6.45) is 2.16. The minimum atomic E-state index is -0.902. The van der Waals surface area contributed by atoms with Crippen LogP contribution in [0.25, 0.3) is 0 Å². The van der Waals surface area contributed by atoms with Crippen molar-refractivity contribution in [3.8, 4) is 0 Å². The molecular formula is C5H7FO. The molecule has 0 bridgehead atoms. The minimum Gasteiger partial charge on any atom is -0.333 e. The SMILES string of the molecule is FC1OC12CCC2. The monoisotopic (exact) mass is 102 g/mol. The van der Waals surface area contributed by atoms with E-state index < -0.39 is 6.36 Å². The van der Waals surface area contributed by atoms with Crippen molar-refractivity contribution in [1.82, 2.24) is 0 Å². The quantitative estimate of drug-likeness (QED) is 0.419. The molecule has 1 spiro atoms. The molecule has 2 rings (SSSR count). The molecule has 0 aromatic rings. The van der Waals surface area contributed by atoms with Gasteiger partial charge in [-0.15, -0.1) is 0 Å². The van der Waals surface area contributed by atoms with Gasteiger partial charge in [0.1, 0.15) is 5.60 Å². The summed E-state index contributed by atoms with van der Waals surface area (Å²) in [7, 11) is 0. The molecule has 1 aliphatic carbocycles. The van der Waals surface area contributed by atoms with Crippen LogP contribution in [0.5, 0.6) is 0 Å². The second kappa shape index (κ2) is 0.848. The van der Waals surface area contributed by atoms with Crippen molar-refractivity contribution in [2.75, 3.05) is 0 Å². The first kappa shape index (κ1) is 3.84. The lowest BCUT2D eigenvalue weighted by molar-refractivity contribution is 0.191. The first-order valence-electron chi connectivity index (χ1n) is 2.65. The van der Waals surface area contributed by atoms with Gasteiger partial charge < -0.3 is 4.74 Å². The van der Waals surface area contributed by atoms with Crippen molar-refractivity contribution in [1.29, 1.82) is 0 Å². The Hall–Kier alpha value is -0.110. The van der Waals surface area contributed by atoms with Crippen LogP contribution in [-0.4, -0.2) is 12.0 Å². The van der Waals surface area contributed by atoms with Crippen molar-refractivity contribution in [2.45, 2.75) is 31.2 Å². The zero-order valence-corrected chi connectivity index (χ0v) is 3.98. The average molecular weight is 102 g/mol. The number of halogens is 1. The van der Waals surface area contributed by atoms with Crippen LogP contribution in [0, 0.1) is 0 Å². The van der Waals surface area contributed by atoms with Crippen LogP contribution >= 0.6 is 0 Å². The fourth-order valence-electron chi connectivity index (χ4n) is 1.04. The summed E-state index contributed by atoms with van der Waals surface area (Å²) in [5.74, 6) is 0.